The molecule has 32 heavy (non-hydrogen) atoms. The summed E-state index contributed by atoms with van der Waals surface area (Å²) in [6, 6.07) is 13.2. The van der Waals surface area contributed by atoms with Crippen LogP contribution in [0.3, 0.4) is 0 Å². The lowest BCUT2D eigenvalue weighted by atomic mass is 10.1. The molecule has 0 saturated heterocycles. The highest BCUT2D eigenvalue weighted by atomic mass is 79.9. The van der Waals surface area contributed by atoms with E-state index in [1.54, 1.807) is 6.20 Å². The molecule has 3 aromatic heterocycles. The third-order valence-corrected chi connectivity index (χ3v) is 6.96. The second kappa shape index (κ2) is 10.8. The van der Waals surface area contributed by atoms with Crippen molar-refractivity contribution in [1.29, 1.82) is 0 Å². The average Bonchev–Trinajstić information content (AvgIpc) is 3.51. The van der Waals surface area contributed by atoms with Crippen molar-refractivity contribution in [2.24, 2.45) is 0 Å². The second-order valence-corrected chi connectivity index (χ2v) is 9.71. The van der Waals surface area contributed by atoms with Crippen LogP contribution < -0.4 is 5.32 Å². The zero-order valence-corrected chi connectivity index (χ0v) is 20.4. The Kier molecular flexibility index (Phi) is 7.67. The fourth-order valence-corrected chi connectivity index (χ4v) is 4.62. The molecule has 0 bridgehead atoms. The van der Waals surface area contributed by atoms with Crippen molar-refractivity contribution in [1.82, 2.24) is 25.4 Å². The van der Waals surface area contributed by atoms with Crippen LogP contribution in [0.4, 0.5) is 0 Å². The molecule has 0 spiro atoms. The Hall–Kier alpha value is -2.56. The molecule has 1 amide bonds. The van der Waals surface area contributed by atoms with Gasteiger partial charge in [-0.3, -0.25) is 4.79 Å². The lowest BCUT2D eigenvalue weighted by Gasteiger charge is -2.15. The minimum absolute atomic E-state index is 0.273. The summed E-state index contributed by atoms with van der Waals surface area (Å²) in [5, 5.41) is 9.64. The molecule has 3 heterocycles. The number of halogens is 1. The van der Waals surface area contributed by atoms with Crippen molar-refractivity contribution in [2.75, 3.05) is 5.75 Å². The molecular weight excluding hydrogens is 510 g/mol. The highest BCUT2D eigenvalue weighted by molar-refractivity contribution is 9.10. The number of rotatable bonds is 9. The van der Waals surface area contributed by atoms with Crippen molar-refractivity contribution in [2.45, 2.75) is 31.0 Å². The van der Waals surface area contributed by atoms with E-state index in [4.69, 9.17) is 4.52 Å². The van der Waals surface area contributed by atoms with E-state index in [-0.39, 0.29) is 11.6 Å². The van der Waals surface area contributed by atoms with Gasteiger partial charge in [-0.15, -0.1) is 11.3 Å². The van der Waals surface area contributed by atoms with Crippen LogP contribution in [0.15, 0.2) is 68.2 Å². The van der Waals surface area contributed by atoms with Gasteiger partial charge in [-0.2, -0.15) is 4.98 Å². The Morgan fingerprint density at radius 1 is 1.22 bits per heavy atom. The van der Waals surface area contributed by atoms with Crippen molar-refractivity contribution >= 4 is 44.9 Å². The van der Waals surface area contributed by atoms with Crippen molar-refractivity contribution < 1.29 is 9.32 Å². The number of carbonyl (C=O) groups is 1. The minimum Gasteiger partial charge on any atom is -0.339 e. The van der Waals surface area contributed by atoms with Crippen LogP contribution >= 0.6 is 39.0 Å². The highest BCUT2D eigenvalue weighted by Gasteiger charge is 2.25. The molecular formula is C22H20BrN5O2S2. The minimum atomic E-state index is -0.514. The Bertz CT molecular complexity index is 1170. The maximum absolute atomic E-state index is 13.2. The monoisotopic (exact) mass is 529 g/mol. The number of aromatic nitrogens is 4. The van der Waals surface area contributed by atoms with E-state index in [0.29, 0.717) is 27.8 Å². The molecule has 0 aliphatic heterocycles. The number of thiophene rings is 1. The second-order valence-electron chi connectivity index (χ2n) is 6.85. The smallest absolute Gasteiger partial charge is 0.271 e. The maximum Gasteiger partial charge on any atom is 0.271 e. The van der Waals surface area contributed by atoms with Gasteiger partial charge in [0.25, 0.3) is 5.91 Å². The van der Waals surface area contributed by atoms with E-state index in [2.05, 4.69) is 48.3 Å². The first kappa shape index (κ1) is 22.6. The zero-order valence-electron chi connectivity index (χ0n) is 17.2. The number of thioether (sulfide) groups is 1. The first-order chi connectivity index (χ1) is 15.6. The average molecular weight is 530 g/mol. The maximum atomic E-state index is 13.2. The molecule has 0 saturated carbocycles. The third kappa shape index (κ3) is 5.62. The Morgan fingerprint density at radius 2 is 2.06 bits per heavy atom. The molecule has 1 unspecified atom stereocenters. The van der Waals surface area contributed by atoms with E-state index in [9.17, 15) is 4.79 Å². The summed E-state index contributed by atoms with van der Waals surface area (Å²) in [4.78, 5) is 27.3. The molecule has 0 aliphatic carbocycles. The van der Waals surface area contributed by atoms with E-state index in [1.807, 2.05) is 47.8 Å². The quantitative estimate of drug-likeness (QED) is 0.224. The van der Waals surface area contributed by atoms with Gasteiger partial charge in [0, 0.05) is 18.4 Å². The first-order valence-corrected chi connectivity index (χ1v) is 12.7. The number of nitrogens with one attached hydrogen (secondary N) is 1. The number of hydrogen-bond acceptors (Lipinski definition) is 8. The summed E-state index contributed by atoms with van der Waals surface area (Å²) in [5.74, 6) is 1.39. The summed E-state index contributed by atoms with van der Waals surface area (Å²) in [5.41, 5.74) is 1.31. The molecule has 0 fully saturated rings. The molecule has 4 rings (SSSR count). The first-order valence-electron chi connectivity index (χ1n) is 10.0. The van der Waals surface area contributed by atoms with Crippen molar-refractivity contribution in [3.63, 3.8) is 0 Å². The normalized spacial score (nSPS) is 11.9. The van der Waals surface area contributed by atoms with Gasteiger partial charge in [0.1, 0.15) is 11.7 Å². The van der Waals surface area contributed by atoms with Gasteiger partial charge in [-0.1, -0.05) is 60.2 Å². The van der Waals surface area contributed by atoms with Crippen LogP contribution in [0.5, 0.6) is 0 Å². The van der Waals surface area contributed by atoms with E-state index >= 15 is 0 Å². The Labute approximate surface area is 202 Å². The lowest BCUT2D eigenvalue weighted by Crippen LogP contribution is -2.31. The molecule has 4 aromatic rings. The van der Waals surface area contributed by atoms with E-state index in [1.165, 1.54) is 23.1 Å². The molecule has 7 nitrogen and oxygen atoms in total. The SMILES string of the molecule is CCCSc1ncc(Br)c(C(=O)NC(Cc2ccccc2)c2nc(-c3cccs3)no2)n1. The van der Waals surface area contributed by atoms with Crippen LogP contribution in [-0.4, -0.2) is 31.8 Å². The molecule has 164 valence electrons. The third-order valence-electron chi connectivity index (χ3n) is 4.44. The van der Waals surface area contributed by atoms with Gasteiger partial charge in [0.05, 0.1) is 9.35 Å². The summed E-state index contributed by atoms with van der Waals surface area (Å²) >= 11 is 6.44. The van der Waals surface area contributed by atoms with Crippen molar-refractivity contribution in [3.8, 4) is 10.7 Å². The predicted octanol–water partition coefficient (Wildman–Crippen LogP) is 5.57. The molecule has 1 atom stereocenters. The number of nitrogens with zero attached hydrogens (tertiary/aromatic N) is 4. The standard InChI is InChI=1S/C22H20BrN5O2S2/c1-2-10-32-22-24-13-15(23)18(26-22)20(29)25-16(12-14-7-4-3-5-8-14)21-27-19(28-30-21)17-9-6-11-31-17/h3-9,11,13,16H,2,10,12H2,1H3,(H,25,29). The number of benzene rings is 1. The summed E-state index contributed by atoms with van der Waals surface area (Å²) in [6.07, 6.45) is 3.10. The predicted molar refractivity (Wildman–Crippen MR) is 129 cm³/mol. The fourth-order valence-electron chi connectivity index (χ4n) is 2.93. The molecule has 1 N–H and O–H groups in total. The summed E-state index contributed by atoms with van der Waals surface area (Å²) in [6.45, 7) is 2.09. The van der Waals surface area contributed by atoms with Gasteiger partial charge in [-0.05, 0) is 39.4 Å². The molecule has 0 aliphatic rings. The van der Waals surface area contributed by atoms with Gasteiger partial charge >= 0.3 is 0 Å². The molecule has 1 aromatic carbocycles. The number of hydrogen-bond donors (Lipinski definition) is 1. The van der Waals surface area contributed by atoms with Gasteiger partial charge in [0.15, 0.2) is 5.16 Å². The number of amides is 1. The van der Waals surface area contributed by atoms with Crippen LogP contribution in [0.1, 0.15) is 41.3 Å². The van der Waals surface area contributed by atoms with Crippen LogP contribution in [0.25, 0.3) is 10.7 Å². The van der Waals surface area contributed by atoms with Gasteiger partial charge < -0.3 is 9.84 Å². The fraction of sp³-hybridized carbons (Fsp3) is 0.227. The largest absolute Gasteiger partial charge is 0.339 e. The van der Waals surface area contributed by atoms with Crippen LogP contribution in [-0.2, 0) is 6.42 Å². The van der Waals surface area contributed by atoms with Gasteiger partial charge in [0.2, 0.25) is 11.7 Å². The lowest BCUT2D eigenvalue weighted by molar-refractivity contribution is 0.0921. The Balaban J connectivity index is 1.60. The Morgan fingerprint density at radius 3 is 2.81 bits per heavy atom. The summed E-state index contributed by atoms with van der Waals surface area (Å²) in [7, 11) is 0. The van der Waals surface area contributed by atoms with Crippen molar-refractivity contribution in [3.05, 3.63) is 75.7 Å². The van der Waals surface area contributed by atoms with E-state index in [0.717, 1.165) is 22.6 Å². The molecule has 0 radical (unpaired) electrons. The van der Waals surface area contributed by atoms with Crippen LogP contribution in [0.2, 0.25) is 0 Å². The zero-order chi connectivity index (χ0) is 22.3. The highest BCUT2D eigenvalue weighted by Crippen LogP contribution is 2.26. The topological polar surface area (TPSA) is 93.8 Å². The van der Waals surface area contributed by atoms with Crippen LogP contribution in [0, 0.1) is 0 Å². The van der Waals surface area contributed by atoms with Gasteiger partial charge in [-0.25, -0.2) is 9.97 Å². The van der Waals surface area contributed by atoms with E-state index < -0.39 is 6.04 Å². The number of carbonyl (C=O) groups excluding carboxylic acids is 1. The summed E-state index contributed by atoms with van der Waals surface area (Å²) < 4.78 is 6.08. The molecule has 10 heteroatoms.